The second kappa shape index (κ2) is 6.84. The van der Waals surface area contributed by atoms with Crippen molar-refractivity contribution in [2.24, 2.45) is 5.92 Å². The van der Waals surface area contributed by atoms with Crippen molar-refractivity contribution in [2.75, 3.05) is 7.11 Å². The molecule has 0 aliphatic rings. The number of methoxy groups -OCH3 is 1. The van der Waals surface area contributed by atoms with Gasteiger partial charge in [-0.05, 0) is 24.0 Å². The first-order valence-corrected chi connectivity index (χ1v) is 6.11. The first-order valence-electron chi connectivity index (χ1n) is 6.11. The van der Waals surface area contributed by atoms with Crippen LogP contribution >= 0.6 is 0 Å². The maximum Gasteiger partial charge on any atom is 0.303 e. The van der Waals surface area contributed by atoms with Crippen molar-refractivity contribution < 1.29 is 14.6 Å². The summed E-state index contributed by atoms with van der Waals surface area (Å²) in [6, 6.07) is 7.82. The predicted octanol–water partition coefficient (Wildman–Crippen LogP) is 3.60. The van der Waals surface area contributed by atoms with Gasteiger partial charge in [0.1, 0.15) is 5.75 Å². The lowest BCUT2D eigenvalue weighted by Gasteiger charge is -2.15. The quantitative estimate of drug-likeness (QED) is 0.836. The second-order valence-corrected chi connectivity index (χ2v) is 4.45. The summed E-state index contributed by atoms with van der Waals surface area (Å²) in [5.41, 5.74) is 2.18. The van der Waals surface area contributed by atoms with E-state index in [1.807, 2.05) is 30.3 Å². The molecule has 0 bridgehead atoms. The van der Waals surface area contributed by atoms with E-state index in [0.717, 1.165) is 16.9 Å². The van der Waals surface area contributed by atoms with Crippen molar-refractivity contribution in [1.29, 1.82) is 0 Å². The molecular weight excluding hydrogens is 228 g/mol. The smallest absolute Gasteiger partial charge is 0.303 e. The molecule has 0 atom stereocenters. The zero-order chi connectivity index (χ0) is 13.5. The van der Waals surface area contributed by atoms with Crippen LogP contribution in [-0.4, -0.2) is 18.2 Å². The number of ether oxygens (including phenoxy) is 1. The first-order chi connectivity index (χ1) is 8.56. The number of carbonyl (C=O) groups is 1. The Morgan fingerprint density at radius 2 is 2.06 bits per heavy atom. The fourth-order valence-electron chi connectivity index (χ4n) is 1.89. The number of carboxylic acids is 1. The monoisotopic (exact) mass is 248 g/mol. The van der Waals surface area contributed by atoms with Crippen LogP contribution in [0.1, 0.15) is 32.3 Å². The standard InChI is InChI=1S/C15H20O3/c1-11(2)12(8-6-10-15(16)17)13-7-4-5-9-14(13)18-3/h4-5,7-9,11H,6,10H2,1-3H3,(H,16,17)/b12-8+. The van der Waals surface area contributed by atoms with E-state index in [9.17, 15) is 4.79 Å². The SMILES string of the molecule is COc1ccccc1/C(=C/CCC(=O)O)C(C)C. The van der Waals surface area contributed by atoms with Gasteiger partial charge in [0.2, 0.25) is 0 Å². The van der Waals surface area contributed by atoms with Crippen molar-refractivity contribution in [2.45, 2.75) is 26.7 Å². The molecule has 0 saturated carbocycles. The molecule has 0 saturated heterocycles. The molecule has 0 fully saturated rings. The van der Waals surface area contributed by atoms with Crippen molar-refractivity contribution in [1.82, 2.24) is 0 Å². The third-order valence-electron chi connectivity index (χ3n) is 2.76. The Kier molecular flexibility index (Phi) is 5.43. The molecule has 1 aromatic carbocycles. The lowest BCUT2D eigenvalue weighted by atomic mass is 9.93. The van der Waals surface area contributed by atoms with Gasteiger partial charge in [0.25, 0.3) is 0 Å². The summed E-state index contributed by atoms with van der Waals surface area (Å²) in [5.74, 6) is 0.386. The lowest BCUT2D eigenvalue weighted by molar-refractivity contribution is -0.136. The molecule has 1 N–H and O–H groups in total. The Balaban J connectivity index is 3.00. The zero-order valence-corrected chi connectivity index (χ0v) is 11.1. The van der Waals surface area contributed by atoms with E-state index in [0.29, 0.717) is 12.3 Å². The molecule has 18 heavy (non-hydrogen) atoms. The molecular formula is C15H20O3. The molecule has 3 nitrogen and oxygen atoms in total. The molecule has 0 aliphatic carbocycles. The Labute approximate surface area is 108 Å². The number of para-hydroxylation sites is 1. The summed E-state index contributed by atoms with van der Waals surface area (Å²) in [4.78, 5) is 10.6. The van der Waals surface area contributed by atoms with Gasteiger partial charge < -0.3 is 9.84 Å². The summed E-state index contributed by atoms with van der Waals surface area (Å²) in [6.07, 6.45) is 2.70. The zero-order valence-electron chi connectivity index (χ0n) is 11.1. The minimum atomic E-state index is -0.769. The fourth-order valence-corrected chi connectivity index (χ4v) is 1.89. The van der Waals surface area contributed by atoms with Crippen molar-refractivity contribution >= 4 is 11.5 Å². The molecule has 0 heterocycles. The number of allylic oxidation sites excluding steroid dienone is 2. The van der Waals surface area contributed by atoms with Crippen LogP contribution in [0.15, 0.2) is 30.3 Å². The lowest BCUT2D eigenvalue weighted by Crippen LogP contribution is -1.99. The highest BCUT2D eigenvalue weighted by Gasteiger charge is 2.11. The number of hydrogen-bond acceptors (Lipinski definition) is 2. The van der Waals surface area contributed by atoms with Crippen LogP contribution in [-0.2, 0) is 4.79 Å². The Morgan fingerprint density at radius 1 is 1.39 bits per heavy atom. The summed E-state index contributed by atoms with van der Waals surface area (Å²) < 4.78 is 5.35. The molecule has 0 spiro atoms. The number of hydrogen-bond donors (Lipinski definition) is 1. The van der Waals surface area contributed by atoms with Crippen LogP contribution < -0.4 is 4.74 Å². The van der Waals surface area contributed by atoms with E-state index in [1.54, 1.807) is 7.11 Å². The molecule has 98 valence electrons. The van der Waals surface area contributed by atoms with Gasteiger partial charge >= 0.3 is 5.97 Å². The van der Waals surface area contributed by atoms with Crippen LogP contribution in [0.25, 0.3) is 5.57 Å². The van der Waals surface area contributed by atoms with Gasteiger partial charge in [0.15, 0.2) is 0 Å². The van der Waals surface area contributed by atoms with E-state index >= 15 is 0 Å². The van der Waals surface area contributed by atoms with Crippen LogP contribution in [0, 0.1) is 5.92 Å². The molecule has 0 unspecified atom stereocenters. The van der Waals surface area contributed by atoms with E-state index in [4.69, 9.17) is 9.84 Å². The van der Waals surface area contributed by atoms with E-state index < -0.39 is 5.97 Å². The molecule has 0 aliphatic heterocycles. The maximum absolute atomic E-state index is 10.6. The van der Waals surface area contributed by atoms with Gasteiger partial charge in [-0.15, -0.1) is 0 Å². The predicted molar refractivity (Wildman–Crippen MR) is 72.7 cm³/mol. The summed E-state index contributed by atoms with van der Waals surface area (Å²) in [6.45, 7) is 4.19. The van der Waals surface area contributed by atoms with Crippen molar-refractivity contribution in [3.05, 3.63) is 35.9 Å². The van der Waals surface area contributed by atoms with Gasteiger partial charge in [-0.1, -0.05) is 38.1 Å². The normalized spacial score (nSPS) is 11.7. The summed E-state index contributed by atoms with van der Waals surface area (Å²) in [7, 11) is 1.65. The van der Waals surface area contributed by atoms with Crippen molar-refractivity contribution in [3.63, 3.8) is 0 Å². The Morgan fingerprint density at radius 3 is 2.61 bits per heavy atom. The van der Waals surface area contributed by atoms with Gasteiger partial charge in [0.05, 0.1) is 7.11 Å². The van der Waals surface area contributed by atoms with Gasteiger partial charge in [-0.3, -0.25) is 4.79 Å². The molecule has 0 radical (unpaired) electrons. The second-order valence-electron chi connectivity index (χ2n) is 4.45. The van der Waals surface area contributed by atoms with Crippen LogP contribution in [0.3, 0.4) is 0 Å². The third kappa shape index (κ3) is 3.91. The molecule has 0 aromatic heterocycles. The largest absolute Gasteiger partial charge is 0.496 e. The maximum atomic E-state index is 10.6. The number of aliphatic carboxylic acids is 1. The number of carboxylic acid groups (broad SMARTS) is 1. The molecule has 1 aromatic rings. The van der Waals surface area contributed by atoms with E-state index in [2.05, 4.69) is 13.8 Å². The van der Waals surface area contributed by atoms with Crippen LogP contribution in [0.4, 0.5) is 0 Å². The molecule has 0 amide bonds. The van der Waals surface area contributed by atoms with Gasteiger partial charge in [-0.2, -0.15) is 0 Å². The van der Waals surface area contributed by atoms with Gasteiger partial charge in [-0.25, -0.2) is 0 Å². The first kappa shape index (κ1) is 14.3. The summed E-state index contributed by atoms with van der Waals surface area (Å²) in [5, 5.41) is 8.68. The van der Waals surface area contributed by atoms with E-state index in [-0.39, 0.29) is 6.42 Å². The summed E-state index contributed by atoms with van der Waals surface area (Å²) >= 11 is 0. The number of benzene rings is 1. The minimum absolute atomic E-state index is 0.158. The number of rotatable bonds is 6. The van der Waals surface area contributed by atoms with Gasteiger partial charge in [0, 0.05) is 12.0 Å². The van der Waals surface area contributed by atoms with E-state index in [1.165, 1.54) is 0 Å². The Bertz CT molecular complexity index is 433. The third-order valence-corrected chi connectivity index (χ3v) is 2.76. The molecule has 3 heteroatoms. The highest BCUT2D eigenvalue weighted by molar-refractivity contribution is 5.72. The average Bonchev–Trinajstić information content (AvgIpc) is 2.34. The fraction of sp³-hybridized carbons (Fsp3) is 0.400. The topological polar surface area (TPSA) is 46.5 Å². The van der Waals surface area contributed by atoms with Crippen LogP contribution in [0.5, 0.6) is 5.75 Å². The van der Waals surface area contributed by atoms with Crippen LogP contribution in [0.2, 0.25) is 0 Å². The van der Waals surface area contributed by atoms with Crippen molar-refractivity contribution in [3.8, 4) is 5.75 Å². The highest BCUT2D eigenvalue weighted by atomic mass is 16.5. The average molecular weight is 248 g/mol. The Hall–Kier alpha value is -1.77. The highest BCUT2D eigenvalue weighted by Crippen LogP contribution is 2.31. The molecule has 1 rings (SSSR count). The minimum Gasteiger partial charge on any atom is -0.496 e.